The molecule has 1 aliphatic rings. The molecule has 1 saturated carbocycles. The molecule has 1 heterocycles. The van der Waals surface area contributed by atoms with Crippen LogP contribution in [0.2, 0.25) is 0 Å². The maximum Gasteiger partial charge on any atom is 0.201 e. The third kappa shape index (κ3) is 2.30. The maximum absolute atomic E-state index is 12.6. The van der Waals surface area contributed by atoms with E-state index in [1.807, 2.05) is 30.3 Å². The Hall–Kier alpha value is -1.61. The number of ketones is 1. The van der Waals surface area contributed by atoms with Crippen molar-refractivity contribution < 1.29 is 9.21 Å². The number of fused-ring (bicyclic) bond motifs is 1. The van der Waals surface area contributed by atoms with Crippen molar-refractivity contribution in [2.45, 2.75) is 25.7 Å². The van der Waals surface area contributed by atoms with Crippen LogP contribution in [0.15, 0.2) is 34.7 Å². The summed E-state index contributed by atoms with van der Waals surface area (Å²) >= 11 is 0. The molecule has 0 aliphatic heterocycles. The molecule has 1 aromatic heterocycles. The predicted molar refractivity (Wildman–Crippen MR) is 75.0 cm³/mol. The van der Waals surface area contributed by atoms with E-state index < -0.39 is 0 Å². The van der Waals surface area contributed by atoms with Gasteiger partial charge in [-0.25, -0.2) is 0 Å². The van der Waals surface area contributed by atoms with Crippen LogP contribution >= 0.6 is 0 Å². The predicted octanol–water partition coefficient (Wildman–Crippen LogP) is 3.38. The second-order valence-corrected chi connectivity index (χ2v) is 5.40. The van der Waals surface area contributed by atoms with Crippen LogP contribution in [0.4, 0.5) is 0 Å². The van der Waals surface area contributed by atoms with E-state index >= 15 is 0 Å². The number of hydrogen-bond donors (Lipinski definition) is 1. The van der Waals surface area contributed by atoms with Crippen molar-refractivity contribution >= 4 is 16.8 Å². The highest BCUT2D eigenvalue weighted by atomic mass is 16.3. The van der Waals surface area contributed by atoms with Gasteiger partial charge >= 0.3 is 0 Å². The molecule has 1 fully saturated rings. The van der Waals surface area contributed by atoms with Crippen LogP contribution in [0.25, 0.3) is 11.0 Å². The molecule has 3 heteroatoms. The van der Waals surface area contributed by atoms with E-state index in [0.29, 0.717) is 18.2 Å². The average molecular weight is 257 g/mol. The number of carbonyl (C=O) groups is 1. The fourth-order valence-electron chi connectivity index (χ4n) is 3.12. The van der Waals surface area contributed by atoms with E-state index in [2.05, 4.69) is 0 Å². The molecule has 2 N–H and O–H groups in total. The smallest absolute Gasteiger partial charge is 0.201 e. The topological polar surface area (TPSA) is 56.2 Å². The van der Waals surface area contributed by atoms with Gasteiger partial charge in [-0.05, 0) is 37.4 Å². The lowest BCUT2D eigenvalue weighted by atomic mass is 9.76. The standard InChI is InChI=1S/C16H19NO2/c17-10-12-6-1-3-7-13(12)16(18)15-9-11-5-2-4-8-14(11)19-15/h2,4-5,8-9,12-13H,1,3,6-7,10,17H2. The van der Waals surface area contributed by atoms with Gasteiger partial charge in [-0.15, -0.1) is 0 Å². The lowest BCUT2D eigenvalue weighted by molar-refractivity contribution is 0.0802. The highest BCUT2D eigenvalue weighted by Gasteiger charge is 2.32. The molecular weight excluding hydrogens is 238 g/mol. The summed E-state index contributed by atoms with van der Waals surface area (Å²) in [7, 11) is 0. The Bertz CT molecular complexity index is 554. The lowest BCUT2D eigenvalue weighted by Crippen LogP contribution is -2.32. The Morgan fingerprint density at radius 2 is 2.05 bits per heavy atom. The molecule has 0 bridgehead atoms. The third-order valence-electron chi connectivity index (χ3n) is 4.22. The van der Waals surface area contributed by atoms with E-state index in [1.54, 1.807) is 0 Å². The fourth-order valence-corrected chi connectivity index (χ4v) is 3.12. The normalized spacial score (nSPS) is 23.6. The van der Waals surface area contributed by atoms with Gasteiger partial charge in [0, 0.05) is 11.3 Å². The first-order valence-electron chi connectivity index (χ1n) is 7.02. The maximum atomic E-state index is 12.6. The molecule has 0 spiro atoms. The number of rotatable bonds is 3. The zero-order chi connectivity index (χ0) is 13.2. The summed E-state index contributed by atoms with van der Waals surface area (Å²) in [5.74, 6) is 0.978. The summed E-state index contributed by atoms with van der Waals surface area (Å²) in [6.07, 6.45) is 4.31. The SMILES string of the molecule is NCC1CCCCC1C(=O)c1cc2ccccc2o1. The monoisotopic (exact) mass is 257 g/mol. The zero-order valence-corrected chi connectivity index (χ0v) is 11.0. The van der Waals surface area contributed by atoms with Crippen molar-refractivity contribution in [1.29, 1.82) is 0 Å². The molecule has 19 heavy (non-hydrogen) atoms. The second-order valence-electron chi connectivity index (χ2n) is 5.40. The fraction of sp³-hybridized carbons (Fsp3) is 0.438. The first-order chi connectivity index (χ1) is 9.29. The van der Waals surface area contributed by atoms with Gasteiger partial charge in [0.15, 0.2) is 5.76 Å². The molecule has 0 amide bonds. The summed E-state index contributed by atoms with van der Waals surface area (Å²) in [6.45, 7) is 0.594. The van der Waals surface area contributed by atoms with Crippen molar-refractivity contribution in [2.75, 3.05) is 6.54 Å². The Labute approximate surface area is 112 Å². The number of nitrogens with two attached hydrogens (primary N) is 1. The molecule has 1 aliphatic carbocycles. The number of Topliss-reactive ketones (excluding diaryl/α,β-unsaturated/α-hetero) is 1. The third-order valence-corrected chi connectivity index (χ3v) is 4.22. The van der Waals surface area contributed by atoms with Gasteiger partial charge in [0.05, 0.1) is 0 Å². The Kier molecular flexibility index (Phi) is 3.38. The molecule has 100 valence electrons. The highest BCUT2D eigenvalue weighted by Crippen LogP contribution is 2.33. The van der Waals surface area contributed by atoms with Gasteiger partial charge < -0.3 is 10.2 Å². The Balaban J connectivity index is 1.89. The average Bonchev–Trinajstić information content (AvgIpc) is 2.90. The van der Waals surface area contributed by atoms with Gasteiger partial charge in [-0.3, -0.25) is 4.79 Å². The molecule has 2 aromatic rings. The molecule has 1 aromatic carbocycles. The molecule has 2 atom stereocenters. The minimum atomic E-state index is 0.0410. The van der Waals surface area contributed by atoms with Crippen LogP contribution in [0.3, 0.4) is 0 Å². The first-order valence-corrected chi connectivity index (χ1v) is 7.02. The van der Waals surface area contributed by atoms with Crippen molar-refractivity contribution in [2.24, 2.45) is 17.6 Å². The van der Waals surface area contributed by atoms with Crippen LogP contribution < -0.4 is 5.73 Å². The van der Waals surface area contributed by atoms with Crippen molar-refractivity contribution in [1.82, 2.24) is 0 Å². The number of hydrogen-bond acceptors (Lipinski definition) is 3. The molecule has 2 unspecified atom stereocenters. The van der Waals surface area contributed by atoms with Gasteiger partial charge in [-0.2, -0.15) is 0 Å². The molecule has 0 radical (unpaired) electrons. The van der Waals surface area contributed by atoms with E-state index in [-0.39, 0.29) is 11.7 Å². The Morgan fingerprint density at radius 3 is 2.84 bits per heavy atom. The Morgan fingerprint density at radius 1 is 1.26 bits per heavy atom. The molecule has 0 saturated heterocycles. The van der Waals surface area contributed by atoms with Crippen molar-refractivity contribution in [3.63, 3.8) is 0 Å². The number of para-hydroxylation sites is 1. The first kappa shape index (κ1) is 12.4. The number of benzene rings is 1. The summed E-state index contributed by atoms with van der Waals surface area (Å²) in [4.78, 5) is 12.6. The van der Waals surface area contributed by atoms with Crippen LogP contribution in [0, 0.1) is 11.8 Å². The molecular formula is C16H19NO2. The second kappa shape index (κ2) is 5.17. The zero-order valence-electron chi connectivity index (χ0n) is 11.0. The van der Waals surface area contributed by atoms with Gasteiger partial charge in [0.25, 0.3) is 0 Å². The summed E-state index contributed by atoms with van der Waals surface area (Å²) in [5, 5.41) is 0.992. The van der Waals surface area contributed by atoms with E-state index in [4.69, 9.17) is 10.2 Å². The van der Waals surface area contributed by atoms with Crippen molar-refractivity contribution in [3.05, 3.63) is 36.1 Å². The van der Waals surface area contributed by atoms with E-state index in [1.165, 1.54) is 6.42 Å². The minimum absolute atomic E-state index is 0.0410. The number of furan rings is 1. The van der Waals surface area contributed by atoms with Crippen LogP contribution in [0.5, 0.6) is 0 Å². The van der Waals surface area contributed by atoms with Crippen LogP contribution in [0.1, 0.15) is 36.2 Å². The highest BCUT2D eigenvalue weighted by molar-refractivity contribution is 5.99. The van der Waals surface area contributed by atoms with Crippen molar-refractivity contribution in [3.8, 4) is 0 Å². The summed E-state index contributed by atoms with van der Waals surface area (Å²) in [5.41, 5.74) is 6.59. The van der Waals surface area contributed by atoms with E-state index in [9.17, 15) is 4.79 Å². The van der Waals surface area contributed by atoms with Crippen LogP contribution in [-0.2, 0) is 0 Å². The summed E-state index contributed by atoms with van der Waals surface area (Å²) in [6, 6.07) is 9.60. The van der Waals surface area contributed by atoms with Crippen LogP contribution in [-0.4, -0.2) is 12.3 Å². The molecule has 3 nitrogen and oxygen atoms in total. The number of carbonyl (C=O) groups excluding carboxylic acids is 1. The van der Waals surface area contributed by atoms with Gasteiger partial charge in [0.2, 0.25) is 5.78 Å². The lowest BCUT2D eigenvalue weighted by Gasteiger charge is -2.28. The molecule has 3 rings (SSSR count). The largest absolute Gasteiger partial charge is 0.453 e. The van der Waals surface area contributed by atoms with E-state index in [0.717, 1.165) is 30.2 Å². The minimum Gasteiger partial charge on any atom is -0.453 e. The quantitative estimate of drug-likeness (QED) is 0.857. The van der Waals surface area contributed by atoms with Gasteiger partial charge in [-0.1, -0.05) is 31.0 Å². The van der Waals surface area contributed by atoms with Gasteiger partial charge in [0.1, 0.15) is 5.58 Å². The summed E-state index contributed by atoms with van der Waals surface area (Å²) < 4.78 is 5.69.